The van der Waals surface area contributed by atoms with Crippen LogP contribution in [0.4, 0.5) is 0 Å². The zero-order valence-corrected chi connectivity index (χ0v) is 12.9. The van der Waals surface area contributed by atoms with Gasteiger partial charge in [-0.2, -0.15) is 5.10 Å². The van der Waals surface area contributed by atoms with Gasteiger partial charge in [0.15, 0.2) is 0 Å². The summed E-state index contributed by atoms with van der Waals surface area (Å²) in [6.45, 7) is 6.65. The SMILES string of the molecule is Cc1cccc(OCC(O)Cn2nc(C)cc2C)c1.Cl. The summed E-state index contributed by atoms with van der Waals surface area (Å²) in [6.07, 6.45) is -0.571. The van der Waals surface area contributed by atoms with E-state index in [4.69, 9.17) is 4.74 Å². The van der Waals surface area contributed by atoms with Crippen molar-refractivity contribution in [3.63, 3.8) is 0 Å². The van der Waals surface area contributed by atoms with Crippen LogP contribution in [0.1, 0.15) is 17.0 Å². The van der Waals surface area contributed by atoms with E-state index >= 15 is 0 Å². The molecular weight excluding hydrogens is 276 g/mol. The molecule has 2 aromatic rings. The minimum Gasteiger partial charge on any atom is -0.491 e. The van der Waals surface area contributed by atoms with Gasteiger partial charge in [0.2, 0.25) is 0 Å². The topological polar surface area (TPSA) is 47.3 Å². The van der Waals surface area contributed by atoms with Gasteiger partial charge >= 0.3 is 0 Å². The molecule has 0 aliphatic carbocycles. The molecular formula is C15H21ClN2O2. The summed E-state index contributed by atoms with van der Waals surface area (Å²) >= 11 is 0. The van der Waals surface area contributed by atoms with E-state index in [9.17, 15) is 5.11 Å². The molecule has 1 atom stereocenters. The van der Waals surface area contributed by atoms with E-state index in [2.05, 4.69) is 5.10 Å². The van der Waals surface area contributed by atoms with Gasteiger partial charge in [-0.15, -0.1) is 12.4 Å². The van der Waals surface area contributed by atoms with Crippen molar-refractivity contribution in [2.24, 2.45) is 0 Å². The second kappa shape index (κ2) is 7.31. The van der Waals surface area contributed by atoms with Gasteiger partial charge in [0, 0.05) is 5.69 Å². The van der Waals surface area contributed by atoms with E-state index in [0.29, 0.717) is 6.54 Å². The number of aryl methyl sites for hydroxylation is 3. The van der Waals surface area contributed by atoms with Crippen molar-refractivity contribution >= 4 is 12.4 Å². The highest BCUT2D eigenvalue weighted by molar-refractivity contribution is 5.85. The Morgan fingerprint density at radius 3 is 2.60 bits per heavy atom. The maximum absolute atomic E-state index is 9.98. The first-order valence-electron chi connectivity index (χ1n) is 6.43. The number of aliphatic hydroxyl groups is 1. The lowest BCUT2D eigenvalue weighted by Crippen LogP contribution is -2.24. The van der Waals surface area contributed by atoms with Crippen LogP contribution < -0.4 is 4.74 Å². The molecule has 1 aromatic heterocycles. The molecule has 0 amide bonds. The third kappa shape index (κ3) is 4.54. The number of aliphatic hydroxyl groups excluding tert-OH is 1. The summed E-state index contributed by atoms with van der Waals surface area (Å²) in [5, 5.41) is 14.3. The number of halogens is 1. The van der Waals surface area contributed by atoms with Crippen LogP contribution in [-0.2, 0) is 6.54 Å². The summed E-state index contributed by atoms with van der Waals surface area (Å²) in [5.74, 6) is 0.785. The van der Waals surface area contributed by atoms with Crippen molar-refractivity contribution < 1.29 is 9.84 Å². The quantitative estimate of drug-likeness (QED) is 0.923. The van der Waals surface area contributed by atoms with E-state index in [1.54, 1.807) is 4.68 Å². The van der Waals surface area contributed by atoms with Crippen molar-refractivity contribution in [3.05, 3.63) is 47.3 Å². The minimum absolute atomic E-state index is 0. The van der Waals surface area contributed by atoms with Crippen molar-refractivity contribution in [2.75, 3.05) is 6.61 Å². The Balaban J connectivity index is 0.00000200. The molecule has 0 aliphatic heterocycles. The second-order valence-corrected chi connectivity index (χ2v) is 4.89. The number of ether oxygens (including phenoxy) is 1. The highest BCUT2D eigenvalue weighted by atomic mass is 35.5. The van der Waals surface area contributed by atoms with Gasteiger partial charge in [-0.05, 0) is 44.5 Å². The maximum Gasteiger partial charge on any atom is 0.119 e. The largest absolute Gasteiger partial charge is 0.491 e. The molecule has 1 heterocycles. The third-order valence-corrected chi connectivity index (χ3v) is 2.92. The van der Waals surface area contributed by atoms with E-state index in [-0.39, 0.29) is 19.0 Å². The molecule has 0 saturated carbocycles. The molecule has 0 bridgehead atoms. The second-order valence-electron chi connectivity index (χ2n) is 4.89. The Labute approximate surface area is 125 Å². The fraction of sp³-hybridized carbons (Fsp3) is 0.400. The van der Waals surface area contributed by atoms with Gasteiger partial charge in [0.1, 0.15) is 18.5 Å². The summed E-state index contributed by atoms with van der Waals surface area (Å²) < 4.78 is 7.38. The van der Waals surface area contributed by atoms with Gasteiger partial charge in [-0.3, -0.25) is 4.68 Å². The molecule has 0 aliphatic rings. The van der Waals surface area contributed by atoms with E-state index in [1.165, 1.54) is 0 Å². The van der Waals surface area contributed by atoms with E-state index < -0.39 is 6.10 Å². The van der Waals surface area contributed by atoms with Gasteiger partial charge in [0.25, 0.3) is 0 Å². The number of nitrogens with zero attached hydrogens (tertiary/aromatic N) is 2. The molecule has 5 heteroatoms. The fourth-order valence-corrected chi connectivity index (χ4v) is 2.01. The Hall–Kier alpha value is -1.52. The van der Waals surface area contributed by atoms with Crippen LogP contribution in [0, 0.1) is 20.8 Å². The smallest absolute Gasteiger partial charge is 0.119 e. The van der Waals surface area contributed by atoms with Gasteiger partial charge < -0.3 is 9.84 Å². The minimum atomic E-state index is -0.571. The number of aromatic nitrogens is 2. The fourth-order valence-electron chi connectivity index (χ4n) is 2.01. The molecule has 0 fully saturated rings. The highest BCUT2D eigenvalue weighted by Crippen LogP contribution is 2.13. The van der Waals surface area contributed by atoms with Crippen molar-refractivity contribution in [1.29, 1.82) is 0 Å². The molecule has 0 radical (unpaired) electrons. The van der Waals surface area contributed by atoms with Crippen molar-refractivity contribution in [2.45, 2.75) is 33.4 Å². The molecule has 0 saturated heterocycles. The standard InChI is InChI=1S/C15H20N2O2.ClH/c1-11-5-4-6-15(7-11)19-10-14(18)9-17-13(3)8-12(2)16-17;/h4-8,14,18H,9-10H2,1-3H3;1H. The zero-order chi connectivity index (χ0) is 13.8. The molecule has 4 nitrogen and oxygen atoms in total. The lowest BCUT2D eigenvalue weighted by atomic mass is 10.2. The first-order valence-corrected chi connectivity index (χ1v) is 6.43. The van der Waals surface area contributed by atoms with Crippen LogP contribution in [0.3, 0.4) is 0 Å². The van der Waals surface area contributed by atoms with Crippen LogP contribution in [0.2, 0.25) is 0 Å². The van der Waals surface area contributed by atoms with Gasteiger partial charge in [-0.1, -0.05) is 12.1 Å². The number of benzene rings is 1. The van der Waals surface area contributed by atoms with Gasteiger partial charge in [-0.25, -0.2) is 0 Å². The van der Waals surface area contributed by atoms with E-state index in [0.717, 1.165) is 22.7 Å². The van der Waals surface area contributed by atoms with Crippen molar-refractivity contribution in [1.82, 2.24) is 9.78 Å². The summed E-state index contributed by atoms with van der Waals surface area (Å²) in [4.78, 5) is 0. The Morgan fingerprint density at radius 2 is 2.00 bits per heavy atom. The maximum atomic E-state index is 9.98. The first kappa shape index (κ1) is 16.5. The molecule has 110 valence electrons. The lowest BCUT2D eigenvalue weighted by Gasteiger charge is -2.13. The summed E-state index contributed by atoms with van der Waals surface area (Å²) in [6, 6.07) is 9.80. The molecule has 1 N–H and O–H groups in total. The summed E-state index contributed by atoms with van der Waals surface area (Å²) in [5.41, 5.74) is 3.15. The molecule has 1 unspecified atom stereocenters. The lowest BCUT2D eigenvalue weighted by molar-refractivity contribution is 0.0887. The average Bonchev–Trinajstić information content (AvgIpc) is 2.65. The van der Waals surface area contributed by atoms with Crippen LogP contribution in [0.5, 0.6) is 5.75 Å². The Morgan fingerprint density at radius 1 is 1.25 bits per heavy atom. The van der Waals surface area contributed by atoms with Crippen LogP contribution >= 0.6 is 12.4 Å². The average molecular weight is 297 g/mol. The monoisotopic (exact) mass is 296 g/mol. The van der Waals surface area contributed by atoms with Crippen LogP contribution in [-0.4, -0.2) is 27.6 Å². The molecule has 0 spiro atoms. The number of hydrogen-bond acceptors (Lipinski definition) is 3. The number of rotatable bonds is 5. The van der Waals surface area contributed by atoms with Crippen molar-refractivity contribution in [3.8, 4) is 5.75 Å². The molecule has 2 rings (SSSR count). The Kier molecular flexibility index (Phi) is 6.05. The first-order chi connectivity index (χ1) is 9.04. The van der Waals surface area contributed by atoms with Crippen LogP contribution in [0.25, 0.3) is 0 Å². The predicted octanol–water partition coefficient (Wildman–Crippen LogP) is 2.67. The van der Waals surface area contributed by atoms with Crippen LogP contribution in [0.15, 0.2) is 30.3 Å². The molecule has 20 heavy (non-hydrogen) atoms. The predicted molar refractivity (Wildman–Crippen MR) is 81.6 cm³/mol. The zero-order valence-electron chi connectivity index (χ0n) is 12.0. The highest BCUT2D eigenvalue weighted by Gasteiger charge is 2.09. The Bertz CT molecular complexity index is 555. The van der Waals surface area contributed by atoms with E-state index in [1.807, 2.05) is 51.1 Å². The normalized spacial score (nSPS) is 11.8. The summed E-state index contributed by atoms with van der Waals surface area (Å²) in [7, 11) is 0. The number of hydrogen-bond donors (Lipinski definition) is 1. The van der Waals surface area contributed by atoms with Gasteiger partial charge in [0.05, 0.1) is 12.2 Å². The third-order valence-electron chi connectivity index (χ3n) is 2.92. The molecule has 1 aromatic carbocycles.